The molecule has 0 aromatic carbocycles. The molecule has 0 amide bonds. The first-order chi connectivity index (χ1) is 5.47. The second kappa shape index (κ2) is 2.58. The van der Waals surface area contributed by atoms with E-state index in [1.165, 1.54) is 0 Å². The molecule has 53 valence electrons. The first-order valence-corrected chi connectivity index (χ1v) is 3.43. The van der Waals surface area contributed by atoms with E-state index in [1.54, 1.807) is 6.20 Å². The van der Waals surface area contributed by atoms with E-state index in [0.29, 0.717) is 0 Å². The van der Waals surface area contributed by atoms with E-state index in [4.69, 9.17) is 0 Å². The van der Waals surface area contributed by atoms with Crippen LogP contribution in [0, 0.1) is 6.20 Å². The molecule has 2 nitrogen and oxygen atoms in total. The molecular formula is C9H7N2. The smallest absolute Gasteiger partial charge is 0.137 e. The van der Waals surface area contributed by atoms with Gasteiger partial charge in [-0.15, -0.1) is 0 Å². The summed E-state index contributed by atoms with van der Waals surface area (Å²) in [5.74, 6) is 0.900. The first-order valence-electron chi connectivity index (χ1n) is 3.43. The monoisotopic (exact) mass is 143 g/mol. The van der Waals surface area contributed by atoms with Crippen LogP contribution < -0.4 is 0 Å². The lowest BCUT2D eigenvalue weighted by atomic mass is 10.5. The quantitative estimate of drug-likeness (QED) is 0.593. The van der Waals surface area contributed by atoms with Crippen LogP contribution in [0.4, 0.5) is 0 Å². The van der Waals surface area contributed by atoms with E-state index in [0.717, 1.165) is 5.82 Å². The molecule has 2 rings (SSSR count). The maximum atomic E-state index is 4.15. The molecule has 0 spiro atoms. The van der Waals surface area contributed by atoms with Crippen molar-refractivity contribution in [3.8, 4) is 5.82 Å². The van der Waals surface area contributed by atoms with E-state index < -0.39 is 0 Å². The van der Waals surface area contributed by atoms with Crippen LogP contribution in [0.25, 0.3) is 5.82 Å². The van der Waals surface area contributed by atoms with E-state index in [1.807, 2.05) is 41.1 Å². The summed E-state index contributed by atoms with van der Waals surface area (Å²) in [6, 6.07) is 9.57. The Bertz CT molecular complexity index is 311. The summed E-state index contributed by atoms with van der Waals surface area (Å²) in [6.07, 6.45) is 6.69. The van der Waals surface area contributed by atoms with Gasteiger partial charge in [-0.3, -0.25) is 4.57 Å². The fourth-order valence-corrected chi connectivity index (χ4v) is 0.934. The van der Waals surface area contributed by atoms with Crippen molar-refractivity contribution in [2.24, 2.45) is 0 Å². The van der Waals surface area contributed by atoms with Gasteiger partial charge in [-0.1, -0.05) is 6.07 Å². The van der Waals surface area contributed by atoms with Gasteiger partial charge in [-0.25, -0.2) is 4.98 Å². The molecule has 0 aliphatic carbocycles. The van der Waals surface area contributed by atoms with Gasteiger partial charge >= 0.3 is 0 Å². The van der Waals surface area contributed by atoms with E-state index in [9.17, 15) is 0 Å². The summed E-state index contributed by atoms with van der Waals surface area (Å²) in [5.41, 5.74) is 0. The molecule has 0 aliphatic rings. The van der Waals surface area contributed by atoms with E-state index >= 15 is 0 Å². The lowest BCUT2D eigenvalue weighted by Gasteiger charge is -1.97. The highest BCUT2D eigenvalue weighted by atomic mass is 15.0. The average molecular weight is 143 g/mol. The Labute approximate surface area is 65.1 Å². The van der Waals surface area contributed by atoms with Crippen molar-refractivity contribution in [2.45, 2.75) is 0 Å². The SMILES string of the molecule is [c]1cccn1-c1ccccn1. The molecule has 0 atom stereocenters. The van der Waals surface area contributed by atoms with Crippen LogP contribution in [0.3, 0.4) is 0 Å². The zero-order valence-electron chi connectivity index (χ0n) is 5.94. The normalized spacial score (nSPS) is 9.82. The number of aromatic nitrogens is 2. The Morgan fingerprint density at radius 1 is 1.27 bits per heavy atom. The van der Waals surface area contributed by atoms with Crippen molar-refractivity contribution in [3.05, 3.63) is 48.9 Å². The Morgan fingerprint density at radius 3 is 2.91 bits per heavy atom. The van der Waals surface area contributed by atoms with Gasteiger partial charge in [0.2, 0.25) is 0 Å². The molecule has 0 aliphatic heterocycles. The molecule has 0 bridgehead atoms. The average Bonchev–Trinajstić information content (AvgIpc) is 2.58. The minimum atomic E-state index is 0.900. The highest BCUT2D eigenvalue weighted by Crippen LogP contribution is 2.01. The van der Waals surface area contributed by atoms with E-state index in [2.05, 4.69) is 11.2 Å². The van der Waals surface area contributed by atoms with Gasteiger partial charge in [0.15, 0.2) is 0 Å². The predicted molar refractivity (Wildman–Crippen MR) is 42.4 cm³/mol. The minimum Gasteiger partial charge on any atom is -0.300 e. The summed E-state index contributed by atoms with van der Waals surface area (Å²) in [7, 11) is 0. The molecule has 2 heteroatoms. The third-order valence-electron chi connectivity index (χ3n) is 1.44. The summed E-state index contributed by atoms with van der Waals surface area (Å²) in [6.45, 7) is 0. The molecule has 1 radical (unpaired) electrons. The molecule has 0 N–H and O–H groups in total. The zero-order chi connectivity index (χ0) is 7.52. The Balaban J connectivity index is 2.46. The number of pyridine rings is 1. The fourth-order valence-electron chi connectivity index (χ4n) is 0.934. The van der Waals surface area contributed by atoms with Crippen LogP contribution in [-0.2, 0) is 0 Å². The lowest BCUT2D eigenvalue weighted by Crippen LogP contribution is -1.91. The van der Waals surface area contributed by atoms with Crippen LogP contribution in [0.15, 0.2) is 42.7 Å². The number of hydrogen-bond donors (Lipinski definition) is 0. The molecule has 2 aromatic rings. The van der Waals surface area contributed by atoms with Crippen LogP contribution >= 0.6 is 0 Å². The molecule has 0 fully saturated rings. The third kappa shape index (κ3) is 1.15. The van der Waals surface area contributed by atoms with Crippen molar-refractivity contribution in [2.75, 3.05) is 0 Å². The molecule has 0 saturated heterocycles. The van der Waals surface area contributed by atoms with Crippen molar-refractivity contribution in [3.63, 3.8) is 0 Å². The zero-order valence-corrected chi connectivity index (χ0v) is 5.94. The molecule has 2 aromatic heterocycles. The number of hydrogen-bond acceptors (Lipinski definition) is 1. The maximum Gasteiger partial charge on any atom is 0.137 e. The summed E-state index contributed by atoms with van der Waals surface area (Å²) < 4.78 is 1.85. The standard InChI is InChI=1S/C9H7N2/c1-2-6-10-9(5-1)11-7-3-4-8-11/h1-7H. The summed E-state index contributed by atoms with van der Waals surface area (Å²) >= 11 is 0. The Morgan fingerprint density at radius 2 is 2.27 bits per heavy atom. The van der Waals surface area contributed by atoms with Gasteiger partial charge in [0, 0.05) is 12.4 Å². The van der Waals surface area contributed by atoms with Crippen LogP contribution in [0.1, 0.15) is 0 Å². The minimum absolute atomic E-state index is 0.900. The fraction of sp³-hybridized carbons (Fsp3) is 0. The van der Waals surface area contributed by atoms with Gasteiger partial charge in [0.25, 0.3) is 0 Å². The molecular weight excluding hydrogens is 136 g/mol. The molecule has 11 heavy (non-hydrogen) atoms. The first kappa shape index (κ1) is 6.16. The maximum absolute atomic E-state index is 4.15. The highest BCUT2D eigenvalue weighted by Gasteiger charge is 1.91. The predicted octanol–water partition coefficient (Wildman–Crippen LogP) is 1.67. The van der Waals surface area contributed by atoms with Crippen LogP contribution in [0.2, 0.25) is 0 Å². The van der Waals surface area contributed by atoms with Gasteiger partial charge in [0.05, 0.1) is 6.20 Å². The second-order valence-corrected chi connectivity index (χ2v) is 2.20. The van der Waals surface area contributed by atoms with Gasteiger partial charge in [-0.2, -0.15) is 0 Å². The number of nitrogens with zero attached hydrogens (tertiary/aromatic N) is 2. The Hall–Kier alpha value is -1.57. The molecule has 2 heterocycles. The third-order valence-corrected chi connectivity index (χ3v) is 1.44. The largest absolute Gasteiger partial charge is 0.300 e. The van der Waals surface area contributed by atoms with E-state index in [-0.39, 0.29) is 0 Å². The lowest BCUT2D eigenvalue weighted by molar-refractivity contribution is 1.00. The molecule has 0 unspecified atom stereocenters. The van der Waals surface area contributed by atoms with Gasteiger partial charge < -0.3 is 0 Å². The van der Waals surface area contributed by atoms with Crippen molar-refractivity contribution in [1.82, 2.24) is 9.55 Å². The van der Waals surface area contributed by atoms with Crippen molar-refractivity contribution in [1.29, 1.82) is 0 Å². The highest BCUT2D eigenvalue weighted by molar-refractivity contribution is 5.21. The second-order valence-electron chi connectivity index (χ2n) is 2.20. The van der Waals surface area contributed by atoms with Crippen LogP contribution in [-0.4, -0.2) is 9.55 Å². The van der Waals surface area contributed by atoms with Crippen molar-refractivity contribution < 1.29 is 0 Å². The van der Waals surface area contributed by atoms with Gasteiger partial charge in [0.1, 0.15) is 5.82 Å². The van der Waals surface area contributed by atoms with Gasteiger partial charge in [-0.05, 0) is 24.3 Å². The molecule has 0 saturated carbocycles. The topological polar surface area (TPSA) is 17.8 Å². The Kier molecular flexibility index (Phi) is 1.44. The van der Waals surface area contributed by atoms with Crippen LogP contribution in [0.5, 0.6) is 0 Å². The summed E-state index contributed by atoms with van der Waals surface area (Å²) in [5, 5.41) is 0. The number of rotatable bonds is 1. The summed E-state index contributed by atoms with van der Waals surface area (Å²) in [4.78, 5) is 4.15. The van der Waals surface area contributed by atoms with Crippen molar-refractivity contribution >= 4 is 0 Å².